The average molecular weight is 202 g/mol. The maximum absolute atomic E-state index is 12.1. The number of nitrogens with zero attached hydrogens (tertiary/aromatic N) is 1. The Balaban J connectivity index is 2.18. The third-order valence-corrected chi connectivity index (χ3v) is 2.08. The quantitative estimate of drug-likeness (QED) is 0.752. The van der Waals surface area contributed by atoms with Crippen LogP contribution in [0.2, 0.25) is 0 Å². The van der Waals surface area contributed by atoms with Gasteiger partial charge in [0.1, 0.15) is 6.54 Å². The molecule has 0 saturated carbocycles. The van der Waals surface area contributed by atoms with Crippen LogP contribution in [0.25, 0.3) is 0 Å². The van der Waals surface area contributed by atoms with Gasteiger partial charge >= 0.3 is 6.18 Å². The lowest BCUT2D eigenvalue weighted by Gasteiger charge is -2.19. The standard InChI is InChI=1S/C9H9F3N2/c10-9(11,12)5-14-6-13-7-3-1-2-4-8(7)14/h1-4,13H,5-6H2. The highest BCUT2D eigenvalue weighted by Crippen LogP contribution is 2.32. The summed E-state index contributed by atoms with van der Waals surface area (Å²) in [6.45, 7) is -0.685. The molecule has 76 valence electrons. The summed E-state index contributed by atoms with van der Waals surface area (Å²) in [6.07, 6.45) is -4.15. The van der Waals surface area contributed by atoms with Crippen molar-refractivity contribution in [1.82, 2.24) is 0 Å². The van der Waals surface area contributed by atoms with Crippen LogP contribution in [0.3, 0.4) is 0 Å². The van der Waals surface area contributed by atoms with E-state index in [0.717, 1.165) is 5.69 Å². The molecular formula is C9H9F3N2. The number of fused-ring (bicyclic) bond motifs is 1. The molecule has 2 rings (SSSR count). The SMILES string of the molecule is FC(F)(F)CN1CNc2ccccc21. The Labute approximate surface area is 79.3 Å². The van der Waals surface area contributed by atoms with Crippen molar-refractivity contribution in [2.45, 2.75) is 6.18 Å². The van der Waals surface area contributed by atoms with Crippen LogP contribution >= 0.6 is 0 Å². The first kappa shape index (κ1) is 9.18. The van der Waals surface area contributed by atoms with Crippen LogP contribution in [-0.4, -0.2) is 19.4 Å². The van der Waals surface area contributed by atoms with Gasteiger partial charge in [-0.3, -0.25) is 0 Å². The van der Waals surface area contributed by atoms with Crippen molar-refractivity contribution in [2.24, 2.45) is 0 Å². The molecule has 2 nitrogen and oxygen atoms in total. The van der Waals surface area contributed by atoms with Crippen molar-refractivity contribution in [3.63, 3.8) is 0 Å². The summed E-state index contributed by atoms with van der Waals surface area (Å²) in [5, 5.41) is 2.90. The molecule has 0 aromatic heterocycles. The third kappa shape index (κ3) is 1.76. The highest BCUT2D eigenvalue weighted by atomic mass is 19.4. The molecule has 1 heterocycles. The Hall–Kier alpha value is -1.39. The van der Waals surface area contributed by atoms with Gasteiger partial charge in [0.05, 0.1) is 18.0 Å². The molecule has 1 aliphatic heterocycles. The number of hydrogen-bond donors (Lipinski definition) is 1. The lowest BCUT2D eigenvalue weighted by molar-refractivity contribution is -0.119. The van der Waals surface area contributed by atoms with Crippen molar-refractivity contribution >= 4 is 11.4 Å². The van der Waals surface area contributed by atoms with E-state index in [1.807, 2.05) is 0 Å². The van der Waals surface area contributed by atoms with Crippen LogP contribution in [0.15, 0.2) is 24.3 Å². The maximum Gasteiger partial charge on any atom is 0.405 e. The number of rotatable bonds is 1. The van der Waals surface area contributed by atoms with Gasteiger partial charge < -0.3 is 10.2 Å². The van der Waals surface area contributed by atoms with Crippen molar-refractivity contribution in [3.05, 3.63) is 24.3 Å². The largest absolute Gasteiger partial charge is 0.405 e. The predicted molar refractivity (Wildman–Crippen MR) is 48.3 cm³/mol. The lowest BCUT2D eigenvalue weighted by atomic mass is 10.2. The van der Waals surface area contributed by atoms with Gasteiger partial charge in [0.15, 0.2) is 0 Å². The van der Waals surface area contributed by atoms with Gasteiger partial charge in [0.25, 0.3) is 0 Å². The number of para-hydroxylation sites is 2. The van der Waals surface area contributed by atoms with E-state index in [4.69, 9.17) is 0 Å². The number of halogens is 3. The summed E-state index contributed by atoms with van der Waals surface area (Å²) >= 11 is 0. The molecule has 5 heteroatoms. The monoisotopic (exact) mass is 202 g/mol. The smallest absolute Gasteiger partial charge is 0.366 e. The van der Waals surface area contributed by atoms with Crippen molar-refractivity contribution < 1.29 is 13.2 Å². The van der Waals surface area contributed by atoms with Crippen LogP contribution in [-0.2, 0) is 0 Å². The fourth-order valence-electron chi connectivity index (χ4n) is 1.52. The molecule has 0 saturated heterocycles. The van der Waals surface area contributed by atoms with E-state index in [0.29, 0.717) is 5.69 Å². The maximum atomic E-state index is 12.1. The molecule has 1 aromatic rings. The second-order valence-electron chi connectivity index (χ2n) is 3.17. The first-order chi connectivity index (χ1) is 6.56. The third-order valence-electron chi connectivity index (χ3n) is 2.08. The summed E-state index contributed by atoms with van der Waals surface area (Å²) in [6, 6.07) is 6.98. The number of anilines is 2. The molecule has 0 fully saturated rings. The Morgan fingerprint density at radius 3 is 2.71 bits per heavy atom. The van der Waals surface area contributed by atoms with Gasteiger partial charge in [-0.05, 0) is 12.1 Å². The minimum atomic E-state index is -4.15. The topological polar surface area (TPSA) is 15.3 Å². The van der Waals surface area contributed by atoms with Crippen LogP contribution in [0, 0.1) is 0 Å². The van der Waals surface area contributed by atoms with Gasteiger partial charge in [-0.1, -0.05) is 12.1 Å². The first-order valence-corrected chi connectivity index (χ1v) is 4.21. The van der Waals surface area contributed by atoms with Gasteiger partial charge in [-0.25, -0.2) is 0 Å². The zero-order valence-corrected chi connectivity index (χ0v) is 7.30. The Kier molecular flexibility index (Phi) is 2.02. The molecule has 1 aliphatic rings. The number of alkyl halides is 3. The average Bonchev–Trinajstić information content (AvgIpc) is 2.47. The summed E-state index contributed by atoms with van der Waals surface area (Å²) < 4.78 is 36.4. The van der Waals surface area contributed by atoms with E-state index in [1.165, 1.54) is 4.90 Å². The molecule has 0 amide bonds. The molecule has 0 atom stereocenters. The highest BCUT2D eigenvalue weighted by Gasteiger charge is 2.33. The van der Waals surface area contributed by atoms with E-state index in [9.17, 15) is 13.2 Å². The molecule has 0 radical (unpaired) electrons. The molecule has 0 bridgehead atoms. The second kappa shape index (κ2) is 3.08. The van der Waals surface area contributed by atoms with E-state index >= 15 is 0 Å². The van der Waals surface area contributed by atoms with Gasteiger partial charge in [-0.2, -0.15) is 13.2 Å². The van der Waals surface area contributed by atoms with E-state index in [2.05, 4.69) is 5.32 Å². The molecule has 14 heavy (non-hydrogen) atoms. The zero-order valence-electron chi connectivity index (χ0n) is 7.30. The second-order valence-corrected chi connectivity index (χ2v) is 3.17. The van der Waals surface area contributed by atoms with Gasteiger partial charge in [-0.15, -0.1) is 0 Å². The van der Waals surface area contributed by atoms with Crippen LogP contribution in [0.1, 0.15) is 0 Å². The number of nitrogens with one attached hydrogen (secondary N) is 1. The molecule has 1 N–H and O–H groups in total. The molecular weight excluding hydrogens is 193 g/mol. The summed E-state index contributed by atoms with van der Waals surface area (Å²) in [7, 11) is 0. The highest BCUT2D eigenvalue weighted by molar-refractivity contribution is 5.74. The fourth-order valence-corrected chi connectivity index (χ4v) is 1.52. The Morgan fingerprint density at radius 2 is 2.00 bits per heavy atom. The van der Waals surface area contributed by atoms with Crippen molar-refractivity contribution in [1.29, 1.82) is 0 Å². The van der Waals surface area contributed by atoms with Crippen LogP contribution < -0.4 is 10.2 Å². The summed E-state index contributed by atoms with van der Waals surface area (Å²) in [5.74, 6) is 0. The summed E-state index contributed by atoms with van der Waals surface area (Å²) in [4.78, 5) is 1.27. The number of hydrogen-bond acceptors (Lipinski definition) is 2. The number of benzene rings is 1. The van der Waals surface area contributed by atoms with E-state index < -0.39 is 12.7 Å². The van der Waals surface area contributed by atoms with Crippen molar-refractivity contribution in [3.8, 4) is 0 Å². The molecule has 0 unspecified atom stereocenters. The lowest BCUT2D eigenvalue weighted by Crippen LogP contribution is -2.33. The minimum absolute atomic E-state index is 0.221. The fraction of sp³-hybridized carbons (Fsp3) is 0.333. The summed E-state index contributed by atoms with van der Waals surface area (Å²) in [5.41, 5.74) is 1.38. The first-order valence-electron chi connectivity index (χ1n) is 4.21. The molecule has 0 spiro atoms. The van der Waals surface area contributed by atoms with E-state index in [1.54, 1.807) is 24.3 Å². The molecule has 1 aromatic carbocycles. The normalized spacial score (nSPS) is 15.2. The van der Waals surface area contributed by atoms with Gasteiger partial charge in [0, 0.05) is 0 Å². The predicted octanol–water partition coefficient (Wildman–Crippen LogP) is 2.44. The zero-order chi connectivity index (χ0) is 10.2. The van der Waals surface area contributed by atoms with Gasteiger partial charge in [0.2, 0.25) is 0 Å². The van der Waals surface area contributed by atoms with Crippen molar-refractivity contribution in [2.75, 3.05) is 23.4 Å². The Bertz CT molecular complexity index is 335. The van der Waals surface area contributed by atoms with Crippen LogP contribution in [0.4, 0.5) is 24.5 Å². The minimum Gasteiger partial charge on any atom is -0.366 e. The van der Waals surface area contributed by atoms with E-state index in [-0.39, 0.29) is 6.67 Å². The Morgan fingerprint density at radius 1 is 1.29 bits per heavy atom. The molecule has 0 aliphatic carbocycles. The van der Waals surface area contributed by atoms with Crippen LogP contribution in [0.5, 0.6) is 0 Å².